The fraction of sp³-hybridized carbons (Fsp3) is 0.120. The third kappa shape index (κ3) is 4.73. The van der Waals surface area contributed by atoms with Gasteiger partial charge in [0, 0.05) is 16.5 Å². The molecule has 1 unspecified atom stereocenters. The highest BCUT2D eigenvalue weighted by molar-refractivity contribution is 5.93. The molecule has 3 heteroatoms. The van der Waals surface area contributed by atoms with Gasteiger partial charge in [0.15, 0.2) is 0 Å². The third-order valence-corrected chi connectivity index (χ3v) is 11.6. The highest BCUT2D eigenvalue weighted by Gasteiger charge is 2.49. The first-order valence-electron chi connectivity index (χ1n) is 18.7. The second-order valence-corrected chi connectivity index (χ2v) is 14.9. The summed E-state index contributed by atoms with van der Waals surface area (Å²) in [6.07, 6.45) is 9.27. The summed E-state index contributed by atoms with van der Waals surface area (Å²) in [5, 5.41) is 0. The molecule has 0 saturated carbocycles. The summed E-state index contributed by atoms with van der Waals surface area (Å²) in [7, 11) is 0. The number of nitrogens with zero attached hydrogens (tertiary/aromatic N) is 3. The highest BCUT2D eigenvalue weighted by atomic mass is 15.3. The molecular formula is C50H39N3. The minimum Gasteiger partial charge on any atom is -0.279 e. The fourth-order valence-corrected chi connectivity index (χ4v) is 9.10. The smallest absolute Gasteiger partial charge is 0.235 e. The van der Waals surface area contributed by atoms with Crippen LogP contribution in [0, 0.1) is 0 Å². The molecule has 0 spiro atoms. The zero-order valence-corrected chi connectivity index (χ0v) is 30.0. The Morgan fingerprint density at radius 2 is 1.11 bits per heavy atom. The van der Waals surface area contributed by atoms with E-state index in [4.69, 9.17) is 9.97 Å². The van der Waals surface area contributed by atoms with Gasteiger partial charge in [-0.15, -0.1) is 0 Å². The van der Waals surface area contributed by atoms with E-state index in [2.05, 4.69) is 195 Å². The second-order valence-electron chi connectivity index (χ2n) is 14.9. The van der Waals surface area contributed by atoms with Crippen LogP contribution in [-0.4, -0.2) is 9.97 Å². The van der Waals surface area contributed by atoms with E-state index in [1.807, 2.05) is 0 Å². The quantitative estimate of drug-likeness (QED) is 0.181. The largest absolute Gasteiger partial charge is 0.279 e. The van der Waals surface area contributed by atoms with Gasteiger partial charge in [0.25, 0.3) is 0 Å². The first-order valence-corrected chi connectivity index (χ1v) is 18.7. The van der Waals surface area contributed by atoms with Crippen molar-refractivity contribution in [1.29, 1.82) is 0 Å². The molecular weight excluding hydrogens is 643 g/mol. The summed E-state index contributed by atoms with van der Waals surface area (Å²) >= 11 is 0. The number of rotatable bonds is 5. The van der Waals surface area contributed by atoms with E-state index in [1.54, 1.807) is 0 Å². The van der Waals surface area contributed by atoms with Crippen LogP contribution in [-0.2, 0) is 10.8 Å². The molecule has 2 heterocycles. The summed E-state index contributed by atoms with van der Waals surface area (Å²) < 4.78 is 0. The van der Waals surface area contributed by atoms with Crippen LogP contribution in [0.4, 0.5) is 17.3 Å². The van der Waals surface area contributed by atoms with E-state index in [0.29, 0.717) is 5.95 Å². The van der Waals surface area contributed by atoms with Crippen LogP contribution in [0.25, 0.3) is 33.6 Å². The number of hydrogen-bond donors (Lipinski definition) is 0. The minimum atomic E-state index is -0.478. The molecule has 0 saturated heterocycles. The molecule has 10 rings (SSSR count). The molecule has 3 aliphatic rings. The van der Waals surface area contributed by atoms with Crippen LogP contribution in [0.1, 0.15) is 54.5 Å². The number of anilines is 3. The molecule has 0 N–H and O–H groups in total. The van der Waals surface area contributed by atoms with Crippen molar-refractivity contribution in [2.24, 2.45) is 0 Å². The third-order valence-electron chi connectivity index (χ3n) is 11.6. The van der Waals surface area contributed by atoms with Gasteiger partial charge in [0.2, 0.25) is 5.95 Å². The molecule has 1 aliphatic heterocycles. The number of allylic oxidation sites excluding steroid dienone is 4. The zero-order chi connectivity index (χ0) is 35.6. The van der Waals surface area contributed by atoms with Crippen molar-refractivity contribution in [2.45, 2.75) is 37.5 Å². The van der Waals surface area contributed by atoms with Crippen LogP contribution >= 0.6 is 0 Å². The summed E-state index contributed by atoms with van der Waals surface area (Å²) in [6.45, 7) is 4.73. The molecule has 0 radical (unpaired) electrons. The molecule has 7 aromatic rings. The van der Waals surface area contributed by atoms with Gasteiger partial charge in [-0.05, 0) is 81.6 Å². The van der Waals surface area contributed by atoms with E-state index in [9.17, 15) is 0 Å². The maximum atomic E-state index is 5.41. The Bertz CT molecular complexity index is 2530. The summed E-state index contributed by atoms with van der Waals surface area (Å²) in [5.41, 5.74) is 15.7. The van der Waals surface area contributed by atoms with Crippen LogP contribution in [0.2, 0.25) is 0 Å². The number of para-hydroxylation sites is 1. The fourth-order valence-electron chi connectivity index (χ4n) is 9.10. The number of fused-ring (bicyclic) bond motifs is 5. The number of benzene rings is 6. The van der Waals surface area contributed by atoms with Crippen molar-refractivity contribution >= 4 is 17.3 Å². The van der Waals surface area contributed by atoms with E-state index >= 15 is 0 Å². The molecule has 254 valence electrons. The Morgan fingerprint density at radius 3 is 1.77 bits per heavy atom. The number of hydrogen-bond acceptors (Lipinski definition) is 3. The molecule has 0 fully saturated rings. The molecule has 1 aromatic heterocycles. The maximum Gasteiger partial charge on any atom is 0.235 e. The topological polar surface area (TPSA) is 29.0 Å². The van der Waals surface area contributed by atoms with Crippen LogP contribution < -0.4 is 4.90 Å². The zero-order valence-electron chi connectivity index (χ0n) is 30.0. The van der Waals surface area contributed by atoms with E-state index < -0.39 is 5.41 Å². The SMILES string of the molecule is CC1(C)c2ccccc2N(c2nc(-c3ccccc3)cc(-c3ccccc3)n2)c2cc3c(cc21)-c1ccccc1C3(C1=CCCC=C1)c1ccccc1. The van der Waals surface area contributed by atoms with Gasteiger partial charge in [0.1, 0.15) is 0 Å². The number of aromatic nitrogens is 2. The van der Waals surface area contributed by atoms with Crippen LogP contribution in [0.5, 0.6) is 0 Å². The molecule has 3 nitrogen and oxygen atoms in total. The monoisotopic (exact) mass is 681 g/mol. The maximum absolute atomic E-state index is 5.41. The second kappa shape index (κ2) is 12.1. The summed E-state index contributed by atoms with van der Waals surface area (Å²) in [6, 6.07) is 57.0. The van der Waals surface area contributed by atoms with Crippen LogP contribution in [0.15, 0.2) is 182 Å². The van der Waals surface area contributed by atoms with Gasteiger partial charge >= 0.3 is 0 Å². The average Bonchev–Trinajstić information content (AvgIpc) is 3.52. The van der Waals surface area contributed by atoms with Gasteiger partial charge in [-0.25, -0.2) is 9.97 Å². The van der Waals surface area contributed by atoms with Gasteiger partial charge in [-0.1, -0.05) is 166 Å². The van der Waals surface area contributed by atoms with E-state index in [1.165, 1.54) is 44.5 Å². The Balaban J connectivity index is 1.30. The first-order chi connectivity index (χ1) is 26.0. The molecule has 1 atom stereocenters. The van der Waals surface area contributed by atoms with Gasteiger partial charge in [0.05, 0.1) is 28.2 Å². The van der Waals surface area contributed by atoms with E-state index in [0.717, 1.165) is 46.7 Å². The minimum absolute atomic E-state index is 0.284. The Morgan fingerprint density at radius 1 is 0.509 bits per heavy atom. The first kappa shape index (κ1) is 31.4. The predicted octanol–water partition coefficient (Wildman–Crippen LogP) is 12.5. The lowest BCUT2D eigenvalue weighted by Gasteiger charge is -2.42. The molecule has 0 bridgehead atoms. The summed E-state index contributed by atoms with van der Waals surface area (Å²) in [4.78, 5) is 13.1. The van der Waals surface area contributed by atoms with Crippen molar-refractivity contribution in [3.05, 3.63) is 209 Å². The van der Waals surface area contributed by atoms with Crippen molar-refractivity contribution in [2.75, 3.05) is 4.90 Å². The molecule has 53 heavy (non-hydrogen) atoms. The Hall–Kier alpha value is -6.32. The van der Waals surface area contributed by atoms with Gasteiger partial charge in [-0.3, -0.25) is 4.90 Å². The molecule has 2 aliphatic carbocycles. The molecule has 6 aromatic carbocycles. The van der Waals surface area contributed by atoms with Crippen molar-refractivity contribution < 1.29 is 0 Å². The van der Waals surface area contributed by atoms with Crippen molar-refractivity contribution in [1.82, 2.24) is 9.97 Å². The molecule has 0 amide bonds. The summed E-state index contributed by atoms with van der Waals surface area (Å²) in [5.74, 6) is 0.659. The lowest BCUT2D eigenvalue weighted by Crippen LogP contribution is -2.33. The lowest BCUT2D eigenvalue weighted by molar-refractivity contribution is 0.630. The van der Waals surface area contributed by atoms with Crippen molar-refractivity contribution in [3.8, 4) is 33.6 Å². The normalized spacial score (nSPS) is 17.7. The predicted molar refractivity (Wildman–Crippen MR) is 218 cm³/mol. The van der Waals surface area contributed by atoms with Crippen molar-refractivity contribution in [3.63, 3.8) is 0 Å². The average molecular weight is 682 g/mol. The van der Waals surface area contributed by atoms with Crippen LogP contribution in [0.3, 0.4) is 0 Å². The Kier molecular flexibility index (Phi) is 7.19. The lowest BCUT2D eigenvalue weighted by atomic mass is 9.65. The van der Waals surface area contributed by atoms with E-state index in [-0.39, 0.29) is 5.41 Å². The van der Waals surface area contributed by atoms with Gasteiger partial charge in [-0.2, -0.15) is 0 Å². The highest BCUT2D eigenvalue weighted by Crippen LogP contribution is 2.61. The Labute approximate surface area is 311 Å². The standard InChI is InChI=1S/C50H39N3/c1-49(2)41-29-17-18-30-46(41)53(48-51-44(34-19-7-3-8-20-34)33-45(52-48)35-21-9-4-10-22-35)47-32-42-39(31-43(47)49)38-27-15-16-28-40(38)50(42,36-23-11-5-12-24-36)37-25-13-6-14-26-37/h3-5,7-13,15-33H,6,14H2,1-2H3. The van der Waals surface area contributed by atoms with Gasteiger partial charge < -0.3 is 0 Å².